The zero-order valence-corrected chi connectivity index (χ0v) is 78.6. The first-order valence-electron chi connectivity index (χ1n) is 48.9. The van der Waals surface area contributed by atoms with Crippen LogP contribution in [0.1, 0.15) is 0 Å². The van der Waals surface area contributed by atoms with E-state index in [9.17, 15) is 0 Å². The lowest BCUT2D eigenvalue weighted by atomic mass is 9.83. The van der Waals surface area contributed by atoms with Crippen LogP contribution in [0.3, 0.4) is 0 Å². The summed E-state index contributed by atoms with van der Waals surface area (Å²) >= 11 is 0. The lowest BCUT2D eigenvalue weighted by Gasteiger charge is -2.20. The third-order valence-corrected chi connectivity index (χ3v) is 28.2. The molecule has 0 bridgehead atoms. The van der Waals surface area contributed by atoms with Crippen molar-refractivity contribution >= 4 is 97.0 Å². The smallest absolute Gasteiger partial charge is 0.0702 e. The third kappa shape index (κ3) is 16.6. The van der Waals surface area contributed by atoms with Crippen molar-refractivity contribution in [2.24, 2.45) is 0 Å². The van der Waals surface area contributed by atoms with Crippen LogP contribution in [0.5, 0.6) is 0 Å². The molecular formula is C138H90N6. The van der Waals surface area contributed by atoms with Gasteiger partial charge in [0.2, 0.25) is 0 Å². The van der Waals surface area contributed by atoms with E-state index in [0.29, 0.717) is 0 Å². The fourth-order valence-corrected chi connectivity index (χ4v) is 21.6. The van der Waals surface area contributed by atoms with Crippen LogP contribution in [0.2, 0.25) is 0 Å². The summed E-state index contributed by atoms with van der Waals surface area (Å²) < 4.78 is 0. The number of pyridine rings is 6. The van der Waals surface area contributed by atoms with Crippen molar-refractivity contribution in [3.63, 3.8) is 0 Å². The Hall–Kier alpha value is -19.1. The molecule has 0 amide bonds. The van der Waals surface area contributed by atoms with Crippen molar-refractivity contribution in [2.45, 2.75) is 0 Å². The highest BCUT2D eigenvalue weighted by atomic mass is 14.7. The average molecular weight is 1830 g/mol. The number of nitrogens with zero attached hydrogens (tertiary/aromatic N) is 6. The van der Waals surface area contributed by atoms with Crippen molar-refractivity contribution in [3.8, 4) is 167 Å². The molecule has 0 radical (unpaired) electrons. The Morgan fingerprint density at radius 3 is 0.639 bits per heavy atom. The first-order valence-corrected chi connectivity index (χ1v) is 48.9. The molecule has 0 spiro atoms. The molecule has 6 heterocycles. The van der Waals surface area contributed by atoms with Gasteiger partial charge in [-0.25, -0.2) is 0 Å². The molecule has 21 aromatic carbocycles. The second-order valence-corrected chi connectivity index (χ2v) is 36.6. The van der Waals surface area contributed by atoms with Gasteiger partial charge in [-0.1, -0.05) is 370 Å². The van der Waals surface area contributed by atoms with Gasteiger partial charge in [0, 0.05) is 84.2 Å². The van der Waals surface area contributed by atoms with Crippen LogP contribution in [-0.4, -0.2) is 29.9 Å². The first kappa shape index (κ1) is 86.4. The summed E-state index contributed by atoms with van der Waals surface area (Å²) in [6, 6.07) is 175. The molecule has 0 saturated carbocycles. The zero-order chi connectivity index (χ0) is 95.6. The molecule has 6 nitrogen and oxygen atoms in total. The number of fused-ring (bicyclic) bond motifs is 9. The standard InChI is InChI=1S/3C46H30N2/c1-2-18-39-31(10-1)11-7-21-40(39)34-22-23-43-44(28-34)46(36-15-6-13-33(27-36)38-17-9-25-48-30-38)42-20-4-3-19-41(42)45(43)35-14-5-12-32(26-35)37-16-8-24-47-29-37;1-2-14-39-33(8-1)9-7-17-40(39)36-18-19-43-44(30-36)46(38-13-6-11-35(29-38)32-22-26-48-27-23-32)42-16-4-3-15-41(42)45(43)37-12-5-10-34(28-37)31-20-24-47-25-21-31;1-2-18-37-31(12-1)13-11-21-38(37)32-24-25-41-42(30-32)46(36-17-10-15-34(29-36)44-23-6-8-27-48-44)40-20-4-3-19-39(40)45(41)35-16-9-14-33(28-35)43-22-5-7-26-47-43/h3*1-30H. The molecule has 0 atom stereocenters. The summed E-state index contributed by atoms with van der Waals surface area (Å²) in [5.41, 5.74) is 35.1. The number of hydrogen-bond donors (Lipinski definition) is 0. The Bertz CT molecular complexity index is 8680. The molecule has 0 fully saturated rings. The highest BCUT2D eigenvalue weighted by Crippen LogP contribution is 2.52. The van der Waals surface area contributed by atoms with Gasteiger partial charge in [-0.05, 0) is 346 Å². The predicted molar refractivity (Wildman–Crippen MR) is 605 cm³/mol. The molecule has 0 unspecified atom stereocenters. The summed E-state index contributed by atoms with van der Waals surface area (Å²) in [6.07, 6.45) is 18.7. The molecule has 27 rings (SSSR count). The molecule has 0 N–H and O–H groups in total. The fourth-order valence-electron chi connectivity index (χ4n) is 21.6. The van der Waals surface area contributed by atoms with E-state index in [2.05, 4.69) is 479 Å². The van der Waals surface area contributed by atoms with Crippen molar-refractivity contribution in [1.29, 1.82) is 0 Å². The number of hydrogen-bond acceptors (Lipinski definition) is 6. The van der Waals surface area contributed by atoms with Gasteiger partial charge in [-0.2, -0.15) is 0 Å². The van der Waals surface area contributed by atoms with E-state index >= 15 is 0 Å². The van der Waals surface area contributed by atoms with Crippen molar-refractivity contribution < 1.29 is 0 Å². The van der Waals surface area contributed by atoms with Crippen LogP contribution in [-0.2, 0) is 0 Å². The normalized spacial score (nSPS) is 11.3. The number of aromatic nitrogens is 6. The van der Waals surface area contributed by atoms with Crippen LogP contribution < -0.4 is 0 Å². The largest absolute Gasteiger partial charge is 0.265 e. The van der Waals surface area contributed by atoms with E-state index in [4.69, 9.17) is 0 Å². The highest BCUT2D eigenvalue weighted by Gasteiger charge is 2.25. The Labute approximate surface area is 835 Å². The number of benzene rings is 21. The van der Waals surface area contributed by atoms with Gasteiger partial charge < -0.3 is 0 Å². The van der Waals surface area contributed by atoms with Crippen LogP contribution >= 0.6 is 0 Å². The van der Waals surface area contributed by atoms with Crippen LogP contribution in [0.15, 0.2) is 547 Å². The Morgan fingerprint density at radius 1 is 0.111 bits per heavy atom. The van der Waals surface area contributed by atoms with Crippen molar-refractivity contribution in [1.82, 2.24) is 29.9 Å². The van der Waals surface area contributed by atoms with Crippen molar-refractivity contribution in [2.75, 3.05) is 0 Å². The van der Waals surface area contributed by atoms with Gasteiger partial charge in [0.1, 0.15) is 0 Å². The molecule has 6 heteroatoms. The minimum atomic E-state index is 0.965. The minimum Gasteiger partial charge on any atom is -0.265 e. The second-order valence-electron chi connectivity index (χ2n) is 36.6. The molecule has 0 aliphatic rings. The third-order valence-electron chi connectivity index (χ3n) is 28.2. The van der Waals surface area contributed by atoms with E-state index in [1.165, 1.54) is 208 Å². The van der Waals surface area contributed by atoms with E-state index in [1.54, 1.807) is 0 Å². The maximum Gasteiger partial charge on any atom is 0.0702 e. The van der Waals surface area contributed by atoms with Crippen LogP contribution in [0, 0.1) is 0 Å². The monoisotopic (exact) mass is 1830 g/mol. The highest BCUT2D eigenvalue weighted by molar-refractivity contribution is 6.26. The summed E-state index contributed by atoms with van der Waals surface area (Å²) in [5.74, 6) is 0. The first-order chi connectivity index (χ1) is 71.4. The van der Waals surface area contributed by atoms with Gasteiger partial charge in [0.25, 0.3) is 0 Å². The van der Waals surface area contributed by atoms with Gasteiger partial charge in [0.15, 0.2) is 0 Å². The van der Waals surface area contributed by atoms with Gasteiger partial charge >= 0.3 is 0 Å². The van der Waals surface area contributed by atoms with Crippen LogP contribution in [0.25, 0.3) is 264 Å². The predicted octanol–water partition coefficient (Wildman–Crippen LogP) is 36.8. The summed E-state index contributed by atoms with van der Waals surface area (Å²) in [4.78, 5) is 26.6. The summed E-state index contributed by atoms with van der Waals surface area (Å²) in [6.45, 7) is 0. The quantitative estimate of drug-likeness (QED) is 0.0952. The maximum absolute atomic E-state index is 4.67. The van der Waals surface area contributed by atoms with Gasteiger partial charge in [-0.3, -0.25) is 29.9 Å². The Kier molecular flexibility index (Phi) is 23.0. The second kappa shape index (κ2) is 38.3. The van der Waals surface area contributed by atoms with E-state index in [-0.39, 0.29) is 0 Å². The van der Waals surface area contributed by atoms with Gasteiger partial charge in [0.05, 0.1) is 11.4 Å². The fraction of sp³-hybridized carbons (Fsp3) is 0. The molecule has 6 aromatic heterocycles. The minimum absolute atomic E-state index is 0.965. The van der Waals surface area contributed by atoms with Gasteiger partial charge in [-0.15, -0.1) is 0 Å². The molecule has 672 valence electrons. The van der Waals surface area contributed by atoms with Crippen molar-refractivity contribution in [3.05, 3.63) is 547 Å². The Balaban J connectivity index is 0.000000113. The lowest BCUT2D eigenvalue weighted by Crippen LogP contribution is -1.93. The van der Waals surface area contributed by atoms with Crippen LogP contribution in [0.4, 0.5) is 0 Å². The molecule has 144 heavy (non-hydrogen) atoms. The topological polar surface area (TPSA) is 77.3 Å². The lowest BCUT2D eigenvalue weighted by molar-refractivity contribution is 1.33. The molecule has 27 aromatic rings. The molecule has 0 saturated heterocycles. The van der Waals surface area contributed by atoms with E-state index in [1.807, 2.05) is 98.4 Å². The Morgan fingerprint density at radius 2 is 0.347 bits per heavy atom. The average Bonchev–Trinajstić information content (AvgIpc) is 0.732. The maximum atomic E-state index is 4.67. The molecular weight excluding hydrogens is 1740 g/mol. The molecule has 0 aliphatic heterocycles. The molecule has 0 aliphatic carbocycles. The SMILES string of the molecule is c1cc(-c2ccncc2)cc(-c2c3ccccc3c(-c3cccc(-c4ccncc4)c3)c3cc(-c4cccc5ccccc45)ccc23)c1.c1ccc(-c2cccc(-c3c4ccccc4c(-c4cccc(-c5ccccn5)c4)c4cc(-c5cccc6ccccc56)ccc34)c2)nc1.c1cncc(-c2cccc(-c3c4ccccc4c(-c4cccc(-c5cccnc5)c4)c4cc(-c5cccc6ccccc56)ccc34)c2)c1. The number of rotatable bonds is 15. The summed E-state index contributed by atoms with van der Waals surface area (Å²) in [5, 5.41) is 22.2. The van der Waals surface area contributed by atoms with E-state index < -0.39 is 0 Å². The van der Waals surface area contributed by atoms with E-state index in [0.717, 1.165) is 55.9 Å². The zero-order valence-electron chi connectivity index (χ0n) is 78.6. The summed E-state index contributed by atoms with van der Waals surface area (Å²) in [7, 11) is 0.